The van der Waals surface area contributed by atoms with Gasteiger partial charge < -0.3 is 5.32 Å². The van der Waals surface area contributed by atoms with Crippen molar-refractivity contribution in [3.63, 3.8) is 0 Å². The number of pyridine rings is 1. The quantitative estimate of drug-likeness (QED) is 0.590. The molecule has 0 saturated heterocycles. The number of nitrogens with zero attached hydrogens (tertiary/aromatic N) is 5. The molecule has 1 amide bonds. The van der Waals surface area contributed by atoms with Crippen LogP contribution in [0.25, 0.3) is 16.4 Å². The fourth-order valence-electron chi connectivity index (χ4n) is 2.39. The molecule has 0 aliphatic heterocycles. The molecule has 0 bridgehead atoms. The number of nitrogens with one attached hydrogen (secondary N) is 1. The lowest BCUT2D eigenvalue weighted by molar-refractivity contribution is -0.115. The van der Waals surface area contributed by atoms with Crippen molar-refractivity contribution >= 4 is 22.4 Å². The molecule has 3 heterocycles. The van der Waals surface area contributed by atoms with Crippen molar-refractivity contribution < 1.29 is 4.79 Å². The Morgan fingerprint density at radius 3 is 2.73 bits per heavy atom. The number of anilines is 1. The lowest BCUT2D eigenvalue weighted by atomic mass is 10.2. The Labute approximate surface area is 153 Å². The van der Waals surface area contributed by atoms with Gasteiger partial charge in [-0.15, -0.1) is 10.2 Å². The molecule has 128 valence electrons. The highest BCUT2D eigenvalue weighted by molar-refractivity contribution is 7.18. The SMILES string of the molecule is O=C(Cc1cnn(-c2ccccc2)c1)Nc1nnc(-c2ccccn2)s1. The summed E-state index contributed by atoms with van der Waals surface area (Å²) in [4.78, 5) is 16.5. The molecule has 0 unspecified atom stereocenters. The van der Waals surface area contributed by atoms with Gasteiger partial charge in [0.1, 0.15) is 5.69 Å². The van der Waals surface area contributed by atoms with Crippen LogP contribution in [0.3, 0.4) is 0 Å². The summed E-state index contributed by atoms with van der Waals surface area (Å²) in [6, 6.07) is 15.3. The van der Waals surface area contributed by atoms with Gasteiger partial charge >= 0.3 is 0 Å². The molecule has 3 aromatic heterocycles. The number of rotatable bonds is 5. The van der Waals surface area contributed by atoms with Gasteiger partial charge in [-0.05, 0) is 29.8 Å². The number of benzene rings is 1. The van der Waals surface area contributed by atoms with Crippen molar-refractivity contribution in [2.45, 2.75) is 6.42 Å². The maximum absolute atomic E-state index is 12.2. The fraction of sp³-hybridized carbons (Fsp3) is 0.0556. The summed E-state index contributed by atoms with van der Waals surface area (Å²) in [6.07, 6.45) is 5.44. The van der Waals surface area contributed by atoms with E-state index >= 15 is 0 Å². The lowest BCUT2D eigenvalue weighted by Crippen LogP contribution is -2.13. The Morgan fingerprint density at radius 2 is 1.92 bits per heavy atom. The number of amides is 1. The number of carbonyl (C=O) groups is 1. The second-order valence-corrected chi connectivity index (χ2v) is 6.46. The van der Waals surface area contributed by atoms with Crippen LogP contribution in [0.4, 0.5) is 5.13 Å². The molecule has 0 radical (unpaired) electrons. The minimum absolute atomic E-state index is 0.165. The van der Waals surface area contributed by atoms with Crippen molar-refractivity contribution in [2.75, 3.05) is 5.32 Å². The van der Waals surface area contributed by atoms with Crippen molar-refractivity contribution in [1.29, 1.82) is 0 Å². The highest BCUT2D eigenvalue weighted by Gasteiger charge is 2.12. The summed E-state index contributed by atoms with van der Waals surface area (Å²) in [7, 11) is 0. The first kappa shape index (κ1) is 16.1. The monoisotopic (exact) mass is 362 g/mol. The molecule has 0 atom stereocenters. The second-order valence-electron chi connectivity index (χ2n) is 5.48. The van der Waals surface area contributed by atoms with E-state index in [2.05, 4.69) is 25.6 Å². The van der Waals surface area contributed by atoms with Gasteiger partial charge in [0, 0.05) is 12.4 Å². The Morgan fingerprint density at radius 1 is 1.08 bits per heavy atom. The summed E-state index contributed by atoms with van der Waals surface area (Å²) in [5.41, 5.74) is 2.50. The van der Waals surface area contributed by atoms with Crippen LogP contribution in [0.5, 0.6) is 0 Å². The molecule has 0 saturated carbocycles. The van der Waals surface area contributed by atoms with Crippen LogP contribution in [-0.2, 0) is 11.2 Å². The molecule has 8 heteroatoms. The topological polar surface area (TPSA) is 85.6 Å². The molecular weight excluding hydrogens is 348 g/mol. The summed E-state index contributed by atoms with van der Waals surface area (Å²) >= 11 is 1.29. The maximum Gasteiger partial charge on any atom is 0.230 e. The van der Waals surface area contributed by atoms with Gasteiger partial charge in [-0.1, -0.05) is 35.6 Å². The Balaban J connectivity index is 1.40. The molecule has 0 aliphatic rings. The highest BCUT2D eigenvalue weighted by atomic mass is 32.1. The van der Waals surface area contributed by atoms with Gasteiger partial charge in [-0.3, -0.25) is 9.78 Å². The van der Waals surface area contributed by atoms with Crippen molar-refractivity contribution in [1.82, 2.24) is 25.0 Å². The molecule has 4 aromatic rings. The van der Waals surface area contributed by atoms with E-state index in [-0.39, 0.29) is 12.3 Å². The van der Waals surface area contributed by atoms with E-state index in [4.69, 9.17) is 0 Å². The number of aromatic nitrogens is 5. The standard InChI is InChI=1S/C18H14N6OS/c25-16(10-13-11-20-24(12-13)14-6-2-1-3-7-14)21-18-23-22-17(26-18)15-8-4-5-9-19-15/h1-9,11-12H,10H2,(H,21,23,25). The predicted molar refractivity (Wildman–Crippen MR) is 99.0 cm³/mol. The zero-order valence-electron chi connectivity index (χ0n) is 13.6. The van der Waals surface area contributed by atoms with Crippen LogP contribution < -0.4 is 5.32 Å². The van der Waals surface area contributed by atoms with Gasteiger partial charge in [-0.2, -0.15) is 5.10 Å². The zero-order valence-corrected chi connectivity index (χ0v) is 14.4. The molecule has 0 spiro atoms. The number of hydrogen-bond donors (Lipinski definition) is 1. The Kier molecular flexibility index (Phi) is 4.48. The van der Waals surface area contributed by atoms with Crippen LogP contribution >= 0.6 is 11.3 Å². The van der Waals surface area contributed by atoms with Gasteiger partial charge in [0.15, 0.2) is 5.01 Å². The van der Waals surface area contributed by atoms with E-state index in [1.807, 2.05) is 54.7 Å². The second kappa shape index (κ2) is 7.24. The van der Waals surface area contributed by atoms with Crippen LogP contribution in [0, 0.1) is 0 Å². The van der Waals surface area contributed by atoms with E-state index in [9.17, 15) is 4.79 Å². The largest absolute Gasteiger partial charge is 0.300 e. The molecular formula is C18H14N6OS. The van der Waals surface area contributed by atoms with Gasteiger partial charge in [0.2, 0.25) is 11.0 Å². The first-order chi connectivity index (χ1) is 12.8. The van der Waals surface area contributed by atoms with E-state index in [1.54, 1.807) is 17.1 Å². The maximum atomic E-state index is 12.2. The van der Waals surface area contributed by atoms with E-state index < -0.39 is 0 Å². The summed E-state index contributed by atoms with van der Waals surface area (Å²) < 4.78 is 1.74. The first-order valence-corrected chi connectivity index (χ1v) is 8.73. The van der Waals surface area contributed by atoms with Gasteiger partial charge in [-0.25, -0.2) is 4.68 Å². The average Bonchev–Trinajstić information content (AvgIpc) is 3.33. The van der Waals surface area contributed by atoms with Crippen molar-refractivity contribution in [3.05, 3.63) is 72.7 Å². The van der Waals surface area contributed by atoms with E-state index in [0.717, 1.165) is 16.9 Å². The minimum Gasteiger partial charge on any atom is -0.300 e. The number of carbonyl (C=O) groups excluding carboxylic acids is 1. The van der Waals surface area contributed by atoms with Gasteiger partial charge in [0.25, 0.3) is 0 Å². The van der Waals surface area contributed by atoms with E-state index in [1.165, 1.54) is 11.3 Å². The minimum atomic E-state index is -0.165. The van der Waals surface area contributed by atoms with Crippen LogP contribution in [-0.4, -0.2) is 30.9 Å². The Hall–Kier alpha value is -3.39. The third kappa shape index (κ3) is 3.65. The molecule has 1 N–H and O–H groups in total. The molecule has 7 nitrogen and oxygen atoms in total. The molecule has 26 heavy (non-hydrogen) atoms. The first-order valence-electron chi connectivity index (χ1n) is 7.92. The fourth-order valence-corrected chi connectivity index (χ4v) is 3.13. The smallest absolute Gasteiger partial charge is 0.230 e. The predicted octanol–water partition coefficient (Wildman–Crippen LogP) is 2.97. The highest BCUT2D eigenvalue weighted by Crippen LogP contribution is 2.24. The van der Waals surface area contributed by atoms with E-state index in [0.29, 0.717) is 10.1 Å². The molecule has 0 aliphatic carbocycles. The third-order valence-corrected chi connectivity index (χ3v) is 4.44. The summed E-state index contributed by atoms with van der Waals surface area (Å²) in [5.74, 6) is -0.165. The van der Waals surface area contributed by atoms with Gasteiger partial charge in [0.05, 0.1) is 18.3 Å². The molecule has 0 fully saturated rings. The average molecular weight is 362 g/mol. The molecule has 4 rings (SSSR count). The van der Waals surface area contributed by atoms with Crippen molar-refractivity contribution in [2.24, 2.45) is 0 Å². The Bertz CT molecular complexity index is 931. The number of para-hydroxylation sites is 1. The normalized spacial score (nSPS) is 10.6. The lowest BCUT2D eigenvalue weighted by Gasteiger charge is -2.00. The third-order valence-electron chi connectivity index (χ3n) is 3.58. The van der Waals surface area contributed by atoms with Crippen LogP contribution in [0.1, 0.15) is 5.56 Å². The zero-order chi connectivity index (χ0) is 17.8. The summed E-state index contributed by atoms with van der Waals surface area (Å²) in [6.45, 7) is 0. The van der Waals surface area contributed by atoms with Crippen LogP contribution in [0.15, 0.2) is 67.1 Å². The summed E-state index contributed by atoms with van der Waals surface area (Å²) in [5, 5.41) is 16.2. The van der Waals surface area contributed by atoms with Crippen molar-refractivity contribution in [3.8, 4) is 16.4 Å². The number of hydrogen-bond acceptors (Lipinski definition) is 6. The van der Waals surface area contributed by atoms with Crippen LogP contribution in [0.2, 0.25) is 0 Å². The molecule has 1 aromatic carbocycles.